The van der Waals surface area contributed by atoms with E-state index in [9.17, 15) is 0 Å². The van der Waals surface area contributed by atoms with Gasteiger partial charge in [0, 0.05) is 6.61 Å². The molecule has 1 fully saturated rings. The number of allylic oxidation sites excluding steroid dienone is 1. The highest BCUT2D eigenvalue weighted by atomic mass is 28.4. The molecule has 0 radical (unpaired) electrons. The largest absolute Gasteiger partial charge is 0.407 e. The molecular formula is C23H30OSi. The molecule has 2 aromatic rings. The SMILES string of the molecule is C=C(C)[C@@H]1C[C@@H]1CO[Si](c1ccccc1)(c1ccccc1)C(C)(C)C. The fourth-order valence-corrected chi connectivity index (χ4v) is 8.65. The van der Waals surface area contributed by atoms with Crippen LogP contribution < -0.4 is 10.4 Å². The molecule has 0 spiro atoms. The number of hydrogen-bond acceptors (Lipinski definition) is 1. The van der Waals surface area contributed by atoms with Crippen LogP contribution >= 0.6 is 0 Å². The van der Waals surface area contributed by atoms with Crippen molar-refractivity contribution < 1.29 is 4.43 Å². The van der Waals surface area contributed by atoms with Crippen LogP contribution in [0.3, 0.4) is 0 Å². The van der Waals surface area contributed by atoms with Crippen molar-refractivity contribution in [3.05, 3.63) is 72.8 Å². The highest BCUT2D eigenvalue weighted by molar-refractivity contribution is 6.99. The molecule has 2 heteroatoms. The van der Waals surface area contributed by atoms with Crippen LogP contribution in [0.5, 0.6) is 0 Å². The molecule has 0 amide bonds. The molecule has 0 N–H and O–H groups in total. The molecule has 0 bridgehead atoms. The molecule has 1 nitrogen and oxygen atoms in total. The van der Waals surface area contributed by atoms with Gasteiger partial charge in [-0.15, -0.1) is 0 Å². The summed E-state index contributed by atoms with van der Waals surface area (Å²) in [6, 6.07) is 21.8. The number of benzene rings is 2. The van der Waals surface area contributed by atoms with Gasteiger partial charge in [-0.05, 0) is 40.6 Å². The Balaban J connectivity index is 2.02. The standard InChI is InChI=1S/C23H30OSi/c1-18(2)22-16-19(22)17-24-25(23(3,4)5,20-12-8-6-9-13-20)21-14-10-7-11-15-21/h6-15,19,22H,1,16-17H2,2-5H3/t19-,22+/m1/s1. The van der Waals surface area contributed by atoms with Gasteiger partial charge in [-0.3, -0.25) is 0 Å². The van der Waals surface area contributed by atoms with Crippen molar-refractivity contribution >= 4 is 18.7 Å². The third-order valence-corrected chi connectivity index (χ3v) is 10.5. The van der Waals surface area contributed by atoms with Crippen LogP contribution in [-0.2, 0) is 4.43 Å². The number of hydrogen-bond donors (Lipinski definition) is 0. The maximum atomic E-state index is 6.97. The van der Waals surface area contributed by atoms with Gasteiger partial charge in [0.15, 0.2) is 0 Å². The van der Waals surface area contributed by atoms with Crippen LogP contribution in [0.4, 0.5) is 0 Å². The van der Waals surface area contributed by atoms with Crippen LogP contribution in [0, 0.1) is 11.8 Å². The minimum Gasteiger partial charge on any atom is -0.407 e. The van der Waals surface area contributed by atoms with E-state index in [0.717, 1.165) is 6.61 Å². The first kappa shape index (κ1) is 18.2. The van der Waals surface area contributed by atoms with Crippen molar-refractivity contribution in [1.29, 1.82) is 0 Å². The number of rotatable bonds is 6. The van der Waals surface area contributed by atoms with Gasteiger partial charge in [0.05, 0.1) is 0 Å². The normalized spacial score (nSPS) is 20.3. The van der Waals surface area contributed by atoms with E-state index < -0.39 is 8.32 Å². The minimum atomic E-state index is -2.37. The van der Waals surface area contributed by atoms with Gasteiger partial charge in [-0.2, -0.15) is 0 Å². The first-order valence-electron chi connectivity index (χ1n) is 9.26. The third kappa shape index (κ3) is 3.51. The molecular weight excluding hydrogens is 320 g/mol. The summed E-state index contributed by atoms with van der Waals surface area (Å²) in [5.74, 6) is 1.29. The first-order chi connectivity index (χ1) is 11.9. The van der Waals surface area contributed by atoms with Crippen molar-refractivity contribution in [2.45, 2.75) is 39.2 Å². The van der Waals surface area contributed by atoms with Gasteiger partial charge in [0.2, 0.25) is 0 Å². The van der Waals surface area contributed by atoms with Crippen LogP contribution in [0.2, 0.25) is 5.04 Å². The smallest absolute Gasteiger partial charge is 0.261 e. The van der Waals surface area contributed by atoms with Gasteiger partial charge in [-0.25, -0.2) is 0 Å². The first-order valence-corrected chi connectivity index (χ1v) is 11.2. The lowest BCUT2D eigenvalue weighted by molar-refractivity contribution is 0.276. The lowest BCUT2D eigenvalue weighted by atomic mass is 10.2. The zero-order valence-corrected chi connectivity index (χ0v) is 17.0. The molecule has 1 aliphatic carbocycles. The Kier molecular flexibility index (Phi) is 5.03. The Morgan fingerprint density at radius 1 is 1.00 bits per heavy atom. The van der Waals surface area contributed by atoms with Crippen LogP contribution in [0.15, 0.2) is 72.8 Å². The predicted octanol–water partition coefficient (Wildman–Crippen LogP) is 4.78. The van der Waals surface area contributed by atoms with E-state index in [1.54, 1.807) is 0 Å². The molecule has 25 heavy (non-hydrogen) atoms. The second-order valence-electron chi connectivity index (χ2n) is 8.42. The second kappa shape index (κ2) is 6.93. The summed E-state index contributed by atoms with van der Waals surface area (Å²) in [6.07, 6.45) is 1.23. The predicted molar refractivity (Wildman–Crippen MR) is 110 cm³/mol. The molecule has 0 saturated heterocycles. The minimum absolute atomic E-state index is 0.0588. The van der Waals surface area contributed by atoms with Crippen molar-refractivity contribution in [1.82, 2.24) is 0 Å². The molecule has 132 valence electrons. The van der Waals surface area contributed by atoms with Gasteiger partial charge in [0.1, 0.15) is 0 Å². The summed E-state index contributed by atoms with van der Waals surface area (Å²) in [7, 11) is -2.37. The average Bonchev–Trinajstić information content (AvgIpc) is 3.36. The van der Waals surface area contributed by atoms with Gasteiger partial charge < -0.3 is 4.43 Å². The summed E-state index contributed by atoms with van der Waals surface area (Å²) in [6.45, 7) is 14.1. The van der Waals surface area contributed by atoms with Gasteiger partial charge >= 0.3 is 0 Å². The summed E-state index contributed by atoms with van der Waals surface area (Å²) in [5.41, 5.74) is 1.30. The third-order valence-electron chi connectivity index (χ3n) is 5.49. The van der Waals surface area contributed by atoms with Crippen molar-refractivity contribution in [2.24, 2.45) is 11.8 Å². The highest BCUT2D eigenvalue weighted by Gasteiger charge is 2.51. The van der Waals surface area contributed by atoms with E-state index in [2.05, 4.69) is 94.9 Å². The van der Waals surface area contributed by atoms with Crippen LogP contribution in [-0.4, -0.2) is 14.9 Å². The Labute approximate surface area is 153 Å². The van der Waals surface area contributed by atoms with E-state index in [1.165, 1.54) is 22.4 Å². The fourth-order valence-electron chi connectivity index (χ4n) is 4.03. The van der Waals surface area contributed by atoms with Crippen LogP contribution in [0.1, 0.15) is 34.1 Å². The molecule has 1 saturated carbocycles. The van der Waals surface area contributed by atoms with Crippen LogP contribution in [0.25, 0.3) is 0 Å². The molecule has 1 aliphatic rings. The molecule has 2 atom stereocenters. The average molecular weight is 351 g/mol. The molecule has 0 unspecified atom stereocenters. The summed E-state index contributed by atoms with van der Waals surface area (Å²) in [5, 5.41) is 2.78. The topological polar surface area (TPSA) is 9.23 Å². The summed E-state index contributed by atoms with van der Waals surface area (Å²) >= 11 is 0. The van der Waals surface area contributed by atoms with Crippen molar-refractivity contribution in [2.75, 3.05) is 6.61 Å². The quantitative estimate of drug-likeness (QED) is 0.538. The Bertz CT molecular complexity index is 675. The monoisotopic (exact) mass is 350 g/mol. The summed E-state index contributed by atoms with van der Waals surface area (Å²) < 4.78 is 6.97. The van der Waals surface area contributed by atoms with E-state index in [4.69, 9.17) is 4.43 Å². The fraction of sp³-hybridized carbons (Fsp3) is 0.391. The highest BCUT2D eigenvalue weighted by Crippen LogP contribution is 2.45. The van der Waals surface area contributed by atoms with Gasteiger partial charge in [0.25, 0.3) is 8.32 Å². The Hall–Kier alpha value is -1.64. The molecule has 0 aromatic heterocycles. The molecule has 3 rings (SSSR count). The zero-order valence-electron chi connectivity index (χ0n) is 16.0. The summed E-state index contributed by atoms with van der Waals surface area (Å²) in [4.78, 5) is 0. The molecule has 0 heterocycles. The Morgan fingerprint density at radius 3 is 1.84 bits per heavy atom. The Morgan fingerprint density at radius 2 is 1.48 bits per heavy atom. The van der Waals surface area contributed by atoms with Crippen molar-refractivity contribution in [3.63, 3.8) is 0 Å². The van der Waals surface area contributed by atoms with Gasteiger partial charge in [-0.1, -0.05) is 93.6 Å². The van der Waals surface area contributed by atoms with Crippen molar-refractivity contribution in [3.8, 4) is 0 Å². The second-order valence-corrected chi connectivity index (χ2v) is 12.7. The zero-order chi connectivity index (χ0) is 18.1. The molecule has 2 aromatic carbocycles. The van der Waals surface area contributed by atoms with E-state index in [1.807, 2.05) is 0 Å². The van der Waals surface area contributed by atoms with E-state index >= 15 is 0 Å². The van der Waals surface area contributed by atoms with E-state index in [0.29, 0.717) is 11.8 Å². The maximum absolute atomic E-state index is 6.97. The lowest BCUT2D eigenvalue weighted by Crippen LogP contribution is -2.66. The molecule has 0 aliphatic heterocycles. The lowest BCUT2D eigenvalue weighted by Gasteiger charge is -2.43. The maximum Gasteiger partial charge on any atom is 0.261 e. The van der Waals surface area contributed by atoms with E-state index in [-0.39, 0.29) is 5.04 Å².